The summed E-state index contributed by atoms with van der Waals surface area (Å²) < 4.78 is 88.4. The van der Waals surface area contributed by atoms with Crippen molar-refractivity contribution in [1.29, 1.82) is 0 Å². The summed E-state index contributed by atoms with van der Waals surface area (Å²) >= 11 is 0. The molecule has 0 spiro atoms. The highest BCUT2D eigenvalue weighted by Crippen LogP contribution is 2.44. The number of benzene rings is 6. The summed E-state index contributed by atoms with van der Waals surface area (Å²) in [5.41, 5.74) is 1.56. The number of aromatic nitrogens is 1. The Hall–Kier alpha value is -4.78. The Kier molecular flexibility index (Phi) is 5.01. The van der Waals surface area contributed by atoms with Crippen LogP contribution in [0, 0.1) is 34.9 Å². The first-order valence-electron chi connectivity index (χ1n) is 12.0. The second-order valence-electron chi connectivity index (χ2n) is 9.41. The number of hydrogen-bond donors (Lipinski definition) is 0. The zero-order chi connectivity index (χ0) is 27.0. The molecular formula is C32H15F6N. The molecule has 190 valence electrons. The van der Waals surface area contributed by atoms with Gasteiger partial charge in [0.1, 0.15) is 34.9 Å². The van der Waals surface area contributed by atoms with Crippen molar-refractivity contribution in [3.8, 4) is 27.9 Å². The Morgan fingerprint density at radius 3 is 1.26 bits per heavy atom. The van der Waals surface area contributed by atoms with Gasteiger partial charge in [-0.2, -0.15) is 0 Å². The molecule has 0 aliphatic carbocycles. The van der Waals surface area contributed by atoms with Crippen molar-refractivity contribution >= 4 is 32.6 Å². The normalized spacial score (nSPS) is 11.8. The van der Waals surface area contributed by atoms with E-state index in [2.05, 4.69) is 0 Å². The molecule has 39 heavy (non-hydrogen) atoms. The van der Waals surface area contributed by atoms with Gasteiger partial charge < -0.3 is 4.57 Å². The minimum Gasteiger partial charge on any atom is -0.309 e. The van der Waals surface area contributed by atoms with Crippen molar-refractivity contribution in [3.63, 3.8) is 0 Å². The molecule has 7 rings (SSSR count). The first-order valence-corrected chi connectivity index (χ1v) is 12.0. The van der Waals surface area contributed by atoms with Gasteiger partial charge in [0.05, 0.1) is 22.2 Å². The van der Waals surface area contributed by atoms with Crippen LogP contribution in [0.15, 0.2) is 91.0 Å². The first kappa shape index (κ1) is 23.3. The van der Waals surface area contributed by atoms with Gasteiger partial charge in [-0.05, 0) is 58.3 Å². The van der Waals surface area contributed by atoms with E-state index in [-0.39, 0.29) is 22.3 Å². The Morgan fingerprint density at radius 2 is 0.846 bits per heavy atom. The Balaban J connectivity index is 1.63. The van der Waals surface area contributed by atoms with E-state index in [1.54, 1.807) is 36.4 Å². The zero-order valence-corrected chi connectivity index (χ0v) is 19.9. The molecule has 0 atom stereocenters. The molecule has 0 N–H and O–H groups in total. The SMILES string of the molecule is Fc1cc(F)c(-c2cc3ccc4cc(-c5c(F)cc(F)cc5F)cc5c4c3c(c2)n5-c2ccccc2)c(F)c1. The lowest BCUT2D eigenvalue weighted by Crippen LogP contribution is -1.96. The van der Waals surface area contributed by atoms with Crippen LogP contribution in [-0.4, -0.2) is 4.57 Å². The third kappa shape index (κ3) is 3.50. The molecule has 0 amide bonds. The molecule has 7 heteroatoms. The molecule has 0 aliphatic rings. The fraction of sp³-hybridized carbons (Fsp3) is 0. The summed E-state index contributed by atoms with van der Waals surface area (Å²) in [4.78, 5) is 0. The summed E-state index contributed by atoms with van der Waals surface area (Å²) in [6.45, 7) is 0. The van der Waals surface area contributed by atoms with Gasteiger partial charge in [-0.3, -0.25) is 0 Å². The van der Waals surface area contributed by atoms with Crippen LogP contribution in [0.5, 0.6) is 0 Å². The highest BCUT2D eigenvalue weighted by Gasteiger charge is 2.23. The summed E-state index contributed by atoms with van der Waals surface area (Å²) in [7, 11) is 0. The number of rotatable bonds is 3. The average molecular weight is 527 g/mol. The molecule has 0 unspecified atom stereocenters. The van der Waals surface area contributed by atoms with Gasteiger partial charge >= 0.3 is 0 Å². The third-order valence-corrected chi connectivity index (χ3v) is 7.08. The molecule has 0 saturated carbocycles. The predicted octanol–water partition coefficient (Wildman–Crippen LogP) is 9.54. The molecule has 0 fully saturated rings. The van der Waals surface area contributed by atoms with Crippen LogP contribution in [0.25, 0.3) is 60.5 Å². The average Bonchev–Trinajstić information content (AvgIpc) is 3.21. The molecule has 0 radical (unpaired) electrons. The van der Waals surface area contributed by atoms with Crippen molar-refractivity contribution in [3.05, 3.63) is 126 Å². The first-order chi connectivity index (χ1) is 18.8. The Labute approximate surface area is 217 Å². The minimum atomic E-state index is -1.04. The topological polar surface area (TPSA) is 4.93 Å². The standard InChI is InChI=1S/C32H15F6N/c33-20-12-23(35)29(24(36)13-20)18-8-16-6-7-17-9-19(30-25(37)14-21(34)15-26(30)38)11-28-32(17)31(16)27(10-18)39(28)22-4-2-1-3-5-22/h1-15H. The van der Waals surface area contributed by atoms with Crippen molar-refractivity contribution in [1.82, 2.24) is 4.57 Å². The molecule has 0 aliphatic heterocycles. The lowest BCUT2D eigenvalue weighted by atomic mass is 9.94. The van der Waals surface area contributed by atoms with E-state index in [4.69, 9.17) is 0 Å². The van der Waals surface area contributed by atoms with Crippen LogP contribution in [-0.2, 0) is 0 Å². The van der Waals surface area contributed by atoms with Crippen LogP contribution in [0.3, 0.4) is 0 Å². The van der Waals surface area contributed by atoms with Gasteiger partial charge in [0, 0.05) is 40.7 Å². The third-order valence-electron chi connectivity index (χ3n) is 7.08. The van der Waals surface area contributed by atoms with Crippen LogP contribution in [0.2, 0.25) is 0 Å². The lowest BCUT2D eigenvalue weighted by molar-refractivity contribution is 0.547. The molecule has 1 nitrogen and oxygen atoms in total. The molecule has 0 bridgehead atoms. The Bertz CT molecular complexity index is 1900. The van der Waals surface area contributed by atoms with E-state index in [1.165, 1.54) is 0 Å². The fourth-order valence-electron chi connectivity index (χ4n) is 5.55. The van der Waals surface area contributed by atoms with Crippen molar-refractivity contribution < 1.29 is 26.3 Å². The maximum atomic E-state index is 14.8. The highest BCUT2D eigenvalue weighted by atomic mass is 19.2. The van der Waals surface area contributed by atoms with E-state index in [1.807, 2.05) is 34.9 Å². The second-order valence-corrected chi connectivity index (χ2v) is 9.41. The van der Waals surface area contributed by atoms with Crippen molar-refractivity contribution in [2.24, 2.45) is 0 Å². The maximum absolute atomic E-state index is 14.8. The van der Waals surface area contributed by atoms with E-state index in [9.17, 15) is 26.3 Å². The number of hydrogen-bond acceptors (Lipinski definition) is 0. The maximum Gasteiger partial charge on any atom is 0.136 e. The minimum absolute atomic E-state index is 0.205. The number of para-hydroxylation sites is 1. The van der Waals surface area contributed by atoms with Gasteiger partial charge in [-0.15, -0.1) is 0 Å². The summed E-state index contributed by atoms with van der Waals surface area (Å²) in [5.74, 6) is -6.19. The molecule has 0 saturated heterocycles. The quantitative estimate of drug-likeness (QED) is 0.159. The van der Waals surface area contributed by atoms with Crippen molar-refractivity contribution in [2.45, 2.75) is 0 Å². The fourth-order valence-corrected chi connectivity index (χ4v) is 5.55. The van der Waals surface area contributed by atoms with Crippen molar-refractivity contribution in [2.75, 3.05) is 0 Å². The van der Waals surface area contributed by atoms with Gasteiger partial charge in [0.2, 0.25) is 0 Å². The smallest absolute Gasteiger partial charge is 0.136 e. The summed E-state index contributed by atoms with van der Waals surface area (Å²) in [5, 5.41) is 2.91. The van der Waals surface area contributed by atoms with Crippen LogP contribution >= 0.6 is 0 Å². The summed E-state index contributed by atoms with van der Waals surface area (Å²) in [6.07, 6.45) is 0. The number of nitrogens with zero attached hydrogens (tertiary/aromatic N) is 1. The van der Waals surface area contributed by atoms with Gasteiger partial charge in [-0.25, -0.2) is 26.3 Å². The molecule has 1 heterocycles. The lowest BCUT2D eigenvalue weighted by Gasteiger charge is -2.11. The summed E-state index contributed by atoms with van der Waals surface area (Å²) in [6, 6.07) is 21.7. The second kappa shape index (κ2) is 8.36. The molecule has 7 aromatic rings. The van der Waals surface area contributed by atoms with Crippen LogP contribution < -0.4 is 0 Å². The molecular weight excluding hydrogens is 512 g/mol. The molecule has 6 aromatic carbocycles. The monoisotopic (exact) mass is 527 g/mol. The van der Waals surface area contributed by atoms with E-state index in [0.717, 1.165) is 10.8 Å². The molecule has 1 aromatic heterocycles. The van der Waals surface area contributed by atoms with Gasteiger partial charge in [0.15, 0.2) is 0 Å². The van der Waals surface area contributed by atoms with E-state index < -0.39 is 34.9 Å². The van der Waals surface area contributed by atoms with E-state index in [0.29, 0.717) is 51.8 Å². The number of halogens is 6. The van der Waals surface area contributed by atoms with Gasteiger partial charge in [0.25, 0.3) is 0 Å². The van der Waals surface area contributed by atoms with Crippen LogP contribution in [0.1, 0.15) is 0 Å². The van der Waals surface area contributed by atoms with E-state index >= 15 is 0 Å². The van der Waals surface area contributed by atoms with Gasteiger partial charge in [-0.1, -0.05) is 30.3 Å². The zero-order valence-electron chi connectivity index (χ0n) is 19.9. The Morgan fingerprint density at radius 1 is 0.436 bits per heavy atom. The largest absolute Gasteiger partial charge is 0.309 e. The highest BCUT2D eigenvalue weighted by molar-refractivity contribution is 6.25. The van der Waals surface area contributed by atoms with Crippen LogP contribution in [0.4, 0.5) is 26.3 Å². The predicted molar refractivity (Wildman–Crippen MR) is 140 cm³/mol.